The van der Waals surface area contributed by atoms with Crippen LogP contribution < -0.4 is 5.73 Å². The average Bonchev–Trinajstić information content (AvgIpc) is 1.97. The minimum absolute atomic E-state index is 0.658. The third kappa shape index (κ3) is 1.82. The van der Waals surface area contributed by atoms with Crippen LogP contribution in [0.5, 0.6) is 0 Å². The molecule has 0 spiro atoms. The Hall–Kier alpha value is -0.0400. The molecule has 1 saturated carbocycles. The van der Waals surface area contributed by atoms with Crippen LogP contribution in [0, 0.1) is 11.3 Å². The molecule has 1 rings (SSSR count). The van der Waals surface area contributed by atoms with Gasteiger partial charge >= 0.3 is 0 Å². The maximum atomic E-state index is 5.66. The van der Waals surface area contributed by atoms with Crippen LogP contribution in [0.15, 0.2) is 0 Å². The molecule has 0 radical (unpaired) electrons. The molecule has 1 heteroatoms. The first-order chi connectivity index (χ1) is 5.75. The number of rotatable bonds is 5. The van der Waals surface area contributed by atoms with Crippen molar-refractivity contribution in [1.29, 1.82) is 0 Å². The molecular weight excluding hydrogens is 146 g/mol. The van der Waals surface area contributed by atoms with Gasteiger partial charge in [0.25, 0.3) is 0 Å². The van der Waals surface area contributed by atoms with Crippen molar-refractivity contribution in [2.75, 3.05) is 6.54 Å². The quantitative estimate of drug-likeness (QED) is 0.673. The van der Waals surface area contributed by atoms with E-state index in [9.17, 15) is 0 Å². The second-order valence-corrected chi connectivity index (χ2v) is 4.44. The molecule has 1 nitrogen and oxygen atoms in total. The van der Waals surface area contributed by atoms with Gasteiger partial charge in [-0.05, 0) is 37.1 Å². The second kappa shape index (κ2) is 4.27. The topological polar surface area (TPSA) is 26.0 Å². The molecule has 1 aliphatic carbocycles. The lowest BCUT2D eigenvalue weighted by molar-refractivity contribution is 0.0454. The molecule has 0 aromatic rings. The summed E-state index contributed by atoms with van der Waals surface area (Å²) in [6.45, 7) is 5.58. The van der Waals surface area contributed by atoms with Crippen LogP contribution in [0.2, 0.25) is 0 Å². The third-order valence-electron chi connectivity index (χ3n) is 3.76. The summed E-state index contributed by atoms with van der Waals surface area (Å²) in [6, 6.07) is 0. The molecule has 0 aromatic carbocycles. The molecule has 0 saturated heterocycles. The van der Waals surface area contributed by atoms with Crippen molar-refractivity contribution in [1.82, 2.24) is 0 Å². The molecule has 2 N–H and O–H groups in total. The highest BCUT2D eigenvalue weighted by molar-refractivity contribution is 4.91. The second-order valence-electron chi connectivity index (χ2n) is 4.44. The zero-order valence-corrected chi connectivity index (χ0v) is 8.60. The van der Waals surface area contributed by atoms with E-state index in [1.165, 1.54) is 38.5 Å². The largest absolute Gasteiger partial charge is 0.330 e. The molecule has 1 fully saturated rings. The Bertz CT molecular complexity index is 127. The fourth-order valence-electron chi connectivity index (χ4n) is 2.65. The van der Waals surface area contributed by atoms with Crippen molar-refractivity contribution >= 4 is 0 Å². The van der Waals surface area contributed by atoms with Crippen LogP contribution in [0.4, 0.5) is 0 Å². The Morgan fingerprint density at radius 3 is 2.42 bits per heavy atom. The zero-order chi connectivity index (χ0) is 9.03. The van der Waals surface area contributed by atoms with Gasteiger partial charge in [0.15, 0.2) is 0 Å². The van der Waals surface area contributed by atoms with Gasteiger partial charge in [-0.3, -0.25) is 0 Å². The predicted molar refractivity (Wildman–Crippen MR) is 54.0 cm³/mol. The lowest BCUT2D eigenvalue weighted by atomic mass is 9.59. The van der Waals surface area contributed by atoms with Gasteiger partial charge in [-0.15, -0.1) is 0 Å². The van der Waals surface area contributed by atoms with Crippen molar-refractivity contribution in [3.63, 3.8) is 0 Å². The van der Waals surface area contributed by atoms with Crippen LogP contribution in [0.3, 0.4) is 0 Å². The molecule has 1 aliphatic rings. The van der Waals surface area contributed by atoms with E-state index >= 15 is 0 Å². The van der Waals surface area contributed by atoms with Crippen LogP contribution in [-0.2, 0) is 0 Å². The van der Waals surface area contributed by atoms with Gasteiger partial charge in [0.1, 0.15) is 0 Å². The lowest BCUT2D eigenvalue weighted by Gasteiger charge is -2.47. The smallest absolute Gasteiger partial charge is 0.00719 e. The summed E-state index contributed by atoms with van der Waals surface area (Å²) in [7, 11) is 0. The number of hydrogen-bond donors (Lipinski definition) is 1. The number of nitrogens with two attached hydrogens (primary N) is 1. The molecule has 0 heterocycles. The minimum atomic E-state index is 0.658. The van der Waals surface area contributed by atoms with Crippen molar-refractivity contribution in [3.8, 4) is 0 Å². The molecule has 0 bridgehead atoms. The van der Waals surface area contributed by atoms with E-state index in [2.05, 4.69) is 13.8 Å². The molecule has 72 valence electrons. The fraction of sp³-hybridized carbons (Fsp3) is 1.00. The fourth-order valence-corrected chi connectivity index (χ4v) is 2.65. The summed E-state index contributed by atoms with van der Waals surface area (Å²) in [6.07, 6.45) is 8.28. The highest BCUT2D eigenvalue weighted by atomic mass is 14.6. The molecule has 0 amide bonds. The summed E-state index contributed by atoms with van der Waals surface area (Å²) in [5, 5.41) is 0. The summed E-state index contributed by atoms with van der Waals surface area (Å²) in [4.78, 5) is 0. The number of hydrogen-bond acceptors (Lipinski definition) is 1. The van der Waals surface area contributed by atoms with Gasteiger partial charge in [0, 0.05) is 0 Å². The molecule has 1 unspecified atom stereocenters. The molecular formula is C11H23N. The average molecular weight is 169 g/mol. The van der Waals surface area contributed by atoms with Crippen LogP contribution in [0.25, 0.3) is 0 Å². The normalized spacial score (nSPS) is 23.2. The van der Waals surface area contributed by atoms with Crippen molar-refractivity contribution in [2.45, 2.75) is 52.4 Å². The van der Waals surface area contributed by atoms with Crippen LogP contribution in [-0.4, -0.2) is 6.54 Å². The van der Waals surface area contributed by atoms with Gasteiger partial charge in [-0.2, -0.15) is 0 Å². The van der Waals surface area contributed by atoms with E-state index in [0.717, 1.165) is 12.5 Å². The Labute approximate surface area is 76.7 Å². The summed E-state index contributed by atoms with van der Waals surface area (Å²) >= 11 is 0. The van der Waals surface area contributed by atoms with E-state index in [0.29, 0.717) is 5.41 Å². The first-order valence-electron chi connectivity index (χ1n) is 5.45. The van der Waals surface area contributed by atoms with Gasteiger partial charge in [-0.1, -0.05) is 33.1 Å². The predicted octanol–water partition coefficient (Wildman–Crippen LogP) is 2.94. The Balaban J connectivity index is 2.41. The first kappa shape index (κ1) is 10.0. The van der Waals surface area contributed by atoms with Crippen molar-refractivity contribution in [2.24, 2.45) is 17.1 Å². The highest BCUT2D eigenvalue weighted by Crippen LogP contribution is 2.50. The molecule has 0 aliphatic heterocycles. The first-order valence-corrected chi connectivity index (χ1v) is 5.45. The maximum Gasteiger partial charge on any atom is -0.00719 e. The summed E-state index contributed by atoms with van der Waals surface area (Å²) in [5.41, 5.74) is 6.32. The van der Waals surface area contributed by atoms with E-state index in [4.69, 9.17) is 5.73 Å². The van der Waals surface area contributed by atoms with Gasteiger partial charge in [0.2, 0.25) is 0 Å². The standard InChI is InChI=1S/C11H23N/c1-3-5-10(2)11(8-9-12)6-4-7-11/h10H,3-9,12H2,1-2H3. The van der Waals surface area contributed by atoms with Crippen molar-refractivity contribution < 1.29 is 0 Å². The molecule has 12 heavy (non-hydrogen) atoms. The molecule has 0 aromatic heterocycles. The van der Waals surface area contributed by atoms with Gasteiger partial charge in [0.05, 0.1) is 0 Å². The van der Waals surface area contributed by atoms with E-state index in [1.807, 2.05) is 0 Å². The third-order valence-corrected chi connectivity index (χ3v) is 3.76. The lowest BCUT2D eigenvalue weighted by Crippen LogP contribution is -2.38. The van der Waals surface area contributed by atoms with Gasteiger partial charge < -0.3 is 5.73 Å². The van der Waals surface area contributed by atoms with Gasteiger partial charge in [-0.25, -0.2) is 0 Å². The highest BCUT2D eigenvalue weighted by Gasteiger charge is 2.40. The Kier molecular flexibility index (Phi) is 3.57. The minimum Gasteiger partial charge on any atom is -0.330 e. The maximum absolute atomic E-state index is 5.66. The summed E-state index contributed by atoms with van der Waals surface area (Å²) < 4.78 is 0. The zero-order valence-electron chi connectivity index (χ0n) is 8.60. The van der Waals surface area contributed by atoms with E-state index in [-0.39, 0.29) is 0 Å². The van der Waals surface area contributed by atoms with Crippen molar-refractivity contribution in [3.05, 3.63) is 0 Å². The Morgan fingerprint density at radius 1 is 1.42 bits per heavy atom. The molecule has 1 atom stereocenters. The van der Waals surface area contributed by atoms with E-state index in [1.54, 1.807) is 0 Å². The summed E-state index contributed by atoms with van der Waals surface area (Å²) in [5.74, 6) is 0.903. The van der Waals surface area contributed by atoms with E-state index < -0.39 is 0 Å². The van der Waals surface area contributed by atoms with Crippen LogP contribution >= 0.6 is 0 Å². The van der Waals surface area contributed by atoms with Crippen LogP contribution in [0.1, 0.15) is 52.4 Å². The Morgan fingerprint density at radius 2 is 2.08 bits per heavy atom. The monoisotopic (exact) mass is 169 g/mol. The SMILES string of the molecule is CCCC(C)C1(CCN)CCC1.